The van der Waals surface area contributed by atoms with Gasteiger partial charge in [-0.1, -0.05) is 30.3 Å². The van der Waals surface area contributed by atoms with Crippen molar-refractivity contribution < 1.29 is 4.79 Å². The lowest BCUT2D eigenvalue weighted by Gasteiger charge is -2.14. The van der Waals surface area contributed by atoms with Gasteiger partial charge in [0.2, 0.25) is 0 Å². The van der Waals surface area contributed by atoms with Gasteiger partial charge < -0.3 is 9.88 Å². The number of aryl methyl sites for hydroxylation is 2. The van der Waals surface area contributed by atoms with Crippen molar-refractivity contribution in [2.75, 3.05) is 7.05 Å². The summed E-state index contributed by atoms with van der Waals surface area (Å²) >= 11 is 0. The topological polar surface area (TPSA) is 51.1 Å². The Hall–Kier alpha value is -2.36. The molecule has 4 heteroatoms. The molecule has 0 aliphatic rings. The molecule has 1 N–H and O–H groups in total. The predicted octanol–water partition coefficient (Wildman–Crippen LogP) is 1.87. The predicted molar refractivity (Wildman–Crippen MR) is 79.1 cm³/mol. The Balaban J connectivity index is 2.54. The van der Waals surface area contributed by atoms with Gasteiger partial charge in [0.05, 0.1) is 6.54 Å². The normalized spacial score (nSPS) is 10.3. The van der Waals surface area contributed by atoms with Gasteiger partial charge in [0, 0.05) is 12.7 Å². The number of carbonyl (C=O) groups is 1. The highest BCUT2D eigenvalue weighted by Gasteiger charge is 2.16. The molecule has 0 fully saturated rings. The molecule has 0 saturated heterocycles. The Morgan fingerprint density at radius 1 is 1.20 bits per heavy atom. The van der Waals surface area contributed by atoms with Gasteiger partial charge in [0.25, 0.3) is 11.5 Å². The van der Waals surface area contributed by atoms with E-state index in [9.17, 15) is 9.59 Å². The molecular formula is C16H18N2O2. The molecule has 0 aliphatic carbocycles. The van der Waals surface area contributed by atoms with Crippen molar-refractivity contribution in [2.45, 2.75) is 20.4 Å². The quantitative estimate of drug-likeness (QED) is 0.925. The number of carbonyl (C=O) groups excluding carboxylic acids is 1. The first-order chi connectivity index (χ1) is 9.54. The largest absolute Gasteiger partial charge is 0.355 e. The summed E-state index contributed by atoms with van der Waals surface area (Å²) in [5.74, 6) is -0.339. The van der Waals surface area contributed by atoms with Crippen LogP contribution in [0.3, 0.4) is 0 Å². The summed E-state index contributed by atoms with van der Waals surface area (Å²) in [4.78, 5) is 24.4. The zero-order valence-corrected chi connectivity index (χ0v) is 11.9. The van der Waals surface area contributed by atoms with Crippen LogP contribution < -0.4 is 10.9 Å². The molecule has 0 radical (unpaired) electrons. The molecule has 0 aliphatic heterocycles. The van der Waals surface area contributed by atoms with E-state index < -0.39 is 0 Å². The first kappa shape index (κ1) is 14.1. The van der Waals surface area contributed by atoms with Gasteiger partial charge in [-0.3, -0.25) is 9.59 Å². The summed E-state index contributed by atoms with van der Waals surface area (Å²) in [5, 5.41) is 2.52. The van der Waals surface area contributed by atoms with Crippen molar-refractivity contribution >= 4 is 5.91 Å². The minimum absolute atomic E-state index is 0.217. The van der Waals surface area contributed by atoms with Crippen LogP contribution in [0.2, 0.25) is 0 Å². The molecule has 0 unspecified atom stereocenters. The molecule has 2 rings (SSSR count). The van der Waals surface area contributed by atoms with Crippen LogP contribution in [0.4, 0.5) is 0 Å². The summed E-state index contributed by atoms with van der Waals surface area (Å²) in [6.45, 7) is 4.13. The number of amides is 1. The van der Waals surface area contributed by atoms with Crippen molar-refractivity contribution in [2.24, 2.45) is 0 Å². The molecule has 4 nitrogen and oxygen atoms in total. The van der Waals surface area contributed by atoms with Crippen molar-refractivity contribution in [1.29, 1.82) is 0 Å². The van der Waals surface area contributed by atoms with E-state index >= 15 is 0 Å². The summed E-state index contributed by atoms with van der Waals surface area (Å²) in [5.41, 5.74) is 2.56. The van der Waals surface area contributed by atoms with Crippen LogP contribution in [0.5, 0.6) is 0 Å². The maximum Gasteiger partial charge on any atom is 0.264 e. The highest BCUT2D eigenvalue weighted by atomic mass is 16.2. The van der Waals surface area contributed by atoms with Crippen LogP contribution in [-0.2, 0) is 6.54 Å². The molecule has 2 aromatic rings. The second kappa shape index (κ2) is 5.74. The SMILES string of the molecule is CNC(=O)c1c(C)cc(C)n(Cc2ccccc2)c1=O. The maximum atomic E-state index is 12.5. The van der Waals surface area contributed by atoms with Gasteiger partial charge in [0.15, 0.2) is 0 Å². The van der Waals surface area contributed by atoms with E-state index in [-0.39, 0.29) is 17.0 Å². The van der Waals surface area contributed by atoms with Crippen LogP contribution in [0.25, 0.3) is 0 Å². The van der Waals surface area contributed by atoms with Crippen molar-refractivity contribution in [3.05, 3.63) is 69.1 Å². The molecule has 1 heterocycles. The standard InChI is InChI=1S/C16H18N2O2/c1-11-9-12(2)18(10-13-7-5-4-6-8-13)16(20)14(11)15(19)17-3/h4-9H,10H2,1-3H3,(H,17,19). The maximum absolute atomic E-state index is 12.5. The fourth-order valence-corrected chi connectivity index (χ4v) is 2.29. The van der Waals surface area contributed by atoms with Crippen molar-refractivity contribution in [1.82, 2.24) is 9.88 Å². The van der Waals surface area contributed by atoms with E-state index in [0.717, 1.165) is 11.3 Å². The minimum atomic E-state index is -0.339. The van der Waals surface area contributed by atoms with Crippen molar-refractivity contribution in [3.8, 4) is 0 Å². The zero-order valence-electron chi connectivity index (χ0n) is 11.9. The number of rotatable bonds is 3. The van der Waals surface area contributed by atoms with Gasteiger partial charge in [-0.15, -0.1) is 0 Å². The third-order valence-electron chi connectivity index (χ3n) is 3.34. The van der Waals surface area contributed by atoms with Crippen LogP contribution in [0, 0.1) is 13.8 Å². The number of nitrogens with zero attached hydrogens (tertiary/aromatic N) is 1. The van der Waals surface area contributed by atoms with Crippen LogP contribution in [0.1, 0.15) is 27.2 Å². The third-order valence-corrected chi connectivity index (χ3v) is 3.34. The second-order valence-electron chi connectivity index (χ2n) is 4.80. The second-order valence-corrected chi connectivity index (χ2v) is 4.80. The van der Waals surface area contributed by atoms with Crippen molar-refractivity contribution in [3.63, 3.8) is 0 Å². The molecule has 0 saturated carbocycles. The Kier molecular flexibility index (Phi) is 4.03. The number of pyridine rings is 1. The third kappa shape index (κ3) is 2.64. The van der Waals surface area contributed by atoms with Gasteiger partial charge >= 0.3 is 0 Å². The van der Waals surface area contributed by atoms with Gasteiger partial charge in [-0.25, -0.2) is 0 Å². The molecular weight excluding hydrogens is 252 g/mol. The van der Waals surface area contributed by atoms with E-state index in [1.807, 2.05) is 43.3 Å². The highest BCUT2D eigenvalue weighted by molar-refractivity contribution is 5.95. The fourth-order valence-electron chi connectivity index (χ4n) is 2.29. The van der Waals surface area contributed by atoms with E-state index in [0.29, 0.717) is 12.1 Å². The number of aromatic nitrogens is 1. The van der Waals surface area contributed by atoms with E-state index in [1.165, 1.54) is 7.05 Å². The molecule has 1 amide bonds. The first-order valence-electron chi connectivity index (χ1n) is 6.51. The highest BCUT2D eigenvalue weighted by Crippen LogP contribution is 2.09. The lowest BCUT2D eigenvalue weighted by molar-refractivity contribution is 0.0960. The molecule has 20 heavy (non-hydrogen) atoms. The van der Waals surface area contributed by atoms with E-state index in [1.54, 1.807) is 11.5 Å². The van der Waals surface area contributed by atoms with E-state index in [2.05, 4.69) is 5.32 Å². The molecule has 1 aromatic carbocycles. The van der Waals surface area contributed by atoms with E-state index in [4.69, 9.17) is 0 Å². The molecule has 0 spiro atoms. The number of hydrogen-bond donors (Lipinski definition) is 1. The molecule has 1 aromatic heterocycles. The Bertz CT molecular complexity index is 688. The molecule has 104 valence electrons. The monoisotopic (exact) mass is 270 g/mol. The Morgan fingerprint density at radius 2 is 1.85 bits per heavy atom. The van der Waals surface area contributed by atoms with Crippen LogP contribution >= 0.6 is 0 Å². The number of nitrogens with one attached hydrogen (secondary N) is 1. The first-order valence-corrected chi connectivity index (χ1v) is 6.51. The molecule has 0 bridgehead atoms. The zero-order chi connectivity index (χ0) is 14.7. The smallest absolute Gasteiger partial charge is 0.264 e. The average molecular weight is 270 g/mol. The summed E-state index contributed by atoms with van der Waals surface area (Å²) in [6, 6.07) is 11.6. The van der Waals surface area contributed by atoms with Gasteiger partial charge in [0.1, 0.15) is 5.56 Å². The number of benzene rings is 1. The summed E-state index contributed by atoms with van der Waals surface area (Å²) in [7, 11) is 1.53. The van der Waals surface area contributed by atoms with Gasteiger partial charge in [-0.05, 0) is 31.0 Å². The lowest BCUT2D eigenvalue weighted by Crippen LogP contribution is -2.33. The molecule has 0 atom stereocenters. The summed E-state index contributed by atoms with van der Waals surface area (Å²) < 4.78 is 1.63. The van der Waals surface area contributed by atoms with Gasteiger partial charge in [-0.2, -0.15) is 0 Å². The average Bonchev–Trinajstić information content (AvgIpc) is 2.44. The minimum Gasteiger partial charge on any atom is -0.355 e. The number of hydrogen-bond acceptors (Lipinski definition) is 2. The van der Waals surface area contributed by atoms with Crippen LogP contribution in [-0.4, -0.2) is 17.5 Å². The fraction of sp³-hybridized carbons (Fsp3) is 0.250. The lowest BCUT2D eigenvalue weighted by atomic mass is 10.1. The van der Waals surface area contributed by atoms with Crippen LogP contribution in [0.15, 0.2) is 41.2 Å². The Labute approximate surface area is 118 Å². The Morgan fingerprint density at radius 3 is 2.45 bits per heavy atom. The summed E-state index contributed by atoms with van der Waals surface area (Å²) in [6.07, 6.45) is 0.